The molecule has 0 aromatic heterocycles. The van der Waals surface area contributed by atoms with Crippen molar-refractivity contribution in [3.63, 3.8) is 0 Å². The summed E-state index contributed by atoms with van der Waals surface area (Å²) in [4.78, 5) is 24.4. The first-order valence-corrected chi connectivity index (χ1v) is 7.30. The average Bonchev–Trinajstić information content (AvgIpc) is 2.81. The van der Waals surface area contributed by atoms with Gasteiger partial charge >= 0.3 is 12.0 Å². The molecule has 2 rings (SSSR count). The third kappa shape index (κ3) is 3.97. The van der Waals surface area contributed by atoms with Crippen molar-refractivity contribution in [2.75, 3.05) is 13.1 Å². The summed E-state index contributed by atoms with van der Waals surface area (Å²) in [6.45, 7) is 4.95. The minimum absolute atomic E-state index is 0.0463. The fraction of sp³-hybridized carbons (Fsp3) is 0.500. The van der Waals surface area contributed by atoms with Crippen LogP contribution in [0.4, 0.5) is 4.79 Å². The Morgan fingerprint density at radius 3 is 2.62 bits per heavy atom. The van der Waals surface area contributed by atoms with Gasteiger partial charge in [-0.1, -0.05) is 29.8 Å². The molecule has 5 nitrogen and oxygen atoms in total. The van der Waals surface area contributed by atoms with E-state index in [1.54, 1.807) is 4.90 Å². The Balaban J connectivity index is 1.92. The zero-order valence-electron chi connectivity index (χ0n) is 12.5. The maximum atomic E-state index is 12.1. The van der Waals surface area contributed by atoms with Crippen LogP contribution in [0.1, 0.15) is 36.8 Å². The van der Waals surface area contributed by atoms with E-state index in [1.807, 2.05) is 6.92 Å². The third-order valence-corrected chi connectivity index (χ3v) is 4.00. The van der Waals surface area contributed by atoms with E-state index in [2.05, 4.69) is 36.5 Å². The Morgan fingerprint density at radius 1 is 1.33 bits per heavy atom. The summed E-state index contributed by atoms with van der Waals surface area (Å²) in [5.74, 6) is -0.548. The number of urea groups is 1. The van der Waals surface area contributed by atoms with E-state index in [4.69, 9.17) is 5.11 Å². The number of aliphatic carboxylic acids is 1. The van der Waals surface area contributed by atoms with Crippen molar-refractivity contribution in [3.8, 4) is 0 Å². The highest BCUT2D eigenvalue weighted by Gasteiger charge is 2.32. The van der Waals surface area contributed by atoms with Gasteiger partial charge in [-0.3, -0.25) is 4.79 Å². The molecule has 1 aliphatic rings. The first kappa shape index (κ1) is 15.4. The summed E-state index contributed by atoms with van der Waals surface area (Å²) in [6.07, 6.45) is 0.894. The summed E-state index contributed by atoms with van der Waals surface area (Å²) < 4.78 is 0. The zero-order valence-corrected chi connectivity index (χ0v) is 12.5. The van der Waals surface area contributed by atoms with E-state index in [0.717, 1.165) is 6.42 Å². The van der Waals surface area contributed by atoms with E-state index in [-0.39, 0.29) is 25.0 Å². The van der Waals surface area contributed by atoms with Crippen molar-refractivity contribution in [1.29, 1.82) is 0 Å². The topological polar surface area (TPSA) is 69.6 Å². The minimum atomic E-state index is -0.901. The summed E-state index contributed by atoms with van der Waals surface area (Å²) in [5.41, 5.74) is 2.49. The van der Waals surface area contributed by atoms with E-state index < -0.39 is 5.97 Å². The number of likely N-dealkylation sites (tertiary alicyclic amines) is 1. The number of carbonyl (C=O) groups is 2. The van der Waals surface area contributed by atoms with Gasteiger partial charge in [0, 0.05) is 25.0 Å². The van der Waals surface area contributed by atoms with Crippen LogP contribution in [-0.4, -0.2) is 41.1 Å². The summed E-state index contributed by atoms with van der Waals surface area (Å²) in [6, 6.07) is 8.43. The van der Waals surface area contributed by atoms with Gasteiger partial charge in [-0.2, -0.15) is 0 Å². The molecule has 1 aromatic rings. The maximum absolute atomic E-state index is 12.1. The van der Waals surface area contributed by atoms with Crippen molar-refractivity contribution < 1.29 is 14.7 Å². The van der Waals surface area contributed by atoms with Gasteiger partial charge < -0.3 is 15.3 Å². The lowest BCUT2D eigenvalue weighted by molar-refractivity contribution is -0.136. The highest BCUT2D eigenvalue weighted by Crippen LogP contribution is 2.31. The summed E-state index contributed by atoms with van der Waals surface area (Å²) in [5, 5.41) is 11.3. The van der Waals surface area contributed by atoms with Crippen LogP contribution in [0.15, 0.2) is 24.3 Å². The molecule has 0 aliphatic carbocycles. The normalized spacial score (nSPS) is 21.3. The Hall–Kier alpha value is -2.04. The average molecular weight is 290 g/mol. The first-order chi connectivity index (χ1) is 9.97. The number of hydrogen-bond donors (Lipinski definition) is 2. The number of nitrogens with one attached hydrogen (secondary N) is 1. The van der Waals surface area contributed by atoms with Crippen LogP contribution in [0.2, 0.25) is 0 Å². The SMILES string of the molecule is Cc1ccc(C2CC(C)N(C(=O)NCCC(=O)O)C2)cc1. The number of amides is 2. The Labute approximate surface area is 125 Å². The van der Waals surface area contributed by atoms with Crippen molar-refractivity contribution in [2.24, 2.45) is 0 Å². The maximum Gasteiger partial charge on any atom is 0.317 e. The van der Waals surface area contributed by atoms with E-state index >= 15 is 0 Å². The molecule has 2 N–H and O–H groups in total. The first-order valence-electron chi connectivity index (χ1n) is 7.30. The standard InChI is InChI=1S/C16H22N2O3/c1-11-3-5-13(6-4-11)14-9-12(2)18(10-14)16(21)17-8-7-15(19)20/h3-6,12,14H,7-10H2,1-2H3,(H,17,21)(H,19,20). The molecule has 2 amide bonds. The predicted octanol–water partition coefficient (Wildman–Crippen LogP) is 2.36. The number of aryl methyl sites for hydroxylation is 1. The molecule has 0 radical (unpaired) electrons. The van der Waals surface area contributed by atoms with Gasteiger partial charge in [-0.25, -0.2) is 4.79 Å². The van der Waals surface area contributed by atoms with Crippen molar-refractivity contribution >= 4 is 12.0 Å². The molecule has 114 valence electrons. The number of nitrogens with zero attached hydrogens (tertiary/aromatic N) is 1. The van der Waals surface area contributed by atoms with Gasteiger partial charge in [0.25, 0.3) is 0 Å². The molecule has 0 spiro atoms. The van der Waals surface area contributed by atoms with Gasteiger partial charge in [0.05, 0.1) is 6.42 Å². The molecule has 2 unspecified atom stereocenters. The molecule has 1 aromatic carbocycles. The van der Waals surface area contributed by atoms with Gasteiger partial charge in [0.15, 0.2) is 0 Å². The second-order valence-electron chi connectivity index (χ2n) is 5.72. The lowest BCUT2D eigenvalue weighted by Gasteiger charge is -2.21. The Morgan fingerprint density at radius 2 is 2.00 bits per heavy atom. The van der Waals surface area contributed by atoms with Crippen LogP contribution < -0.4 is 5.32 Å². The van der Waals surface area contributed by atoms with Crippen LogP contribution >= 0.6 is 0 Å². The number of carboxylic acids is 1. The summed E-state index contributed by atoms with van der Waals surface area (Å²) >= 11 is 0. The second-order valence-corrected chi connectivity index (χ2v) is 5.72. The van der Waals surface area contributed by atoms with Gasteiger partial charge in [-0.15, -0.1) is 0 Å². The van der Waals surface area contributed by atoms with E-state index in [1.165, 1.54) is 11.1 Å². The molecule has 1 heterocycles. The highest BCUT2D eigenvalue weighted by atomic mass is 16.4. The zero-order chi connectivity index (χ0) is 15.4. The van der Waals surface area contributed by atoms with Crippen LogP contribution in [0.5, 0.6) is 0 Å². The lowest BCUT2D eigenvalue weighted by Crippen LogP contribution is -2.42. The van der Waals surface area contributed by atoms with Gasteiger partial charge in [0.1, 0.15) is 0 Å². The largest absolute Gasteiger partial charge is 0.481 e. The van der Waals surface area contributed by atoms with E-state index in [9.17, 15) is 9.59 Å². The number of benzene rings is 1. The monoisotopic (exact) mass is 290 g/mol. The molecular formula is C16H22N2O3. The molecule has 0 saturated carbocycles. The Bertz CT molecular complexity index is 513. The fourth-order valence-corrected chi connectivity index (χ4v) is 2.77. The highest BCUT2D eigenvalue weighted by molar-refractivity contribution is 5.76. The number of rotatable bonds is 4. The lowest BCUT2D eigenvalue weighted by atomic mass is 9.96. The fourth-order valence-electron chi connectivity index (χ4n) is 2.77. The Kier molecular flexibility index (Phi) is 4.83. The van der Waals surface area contributed by atoms with E-state index in [0.29, 0.717) is 12.5 Å². The van der Waals surface area contributed by atoms with Crippen LogP contribution in [-0.2, 0) is 4.79 Å². The molecule has 2 atom stereocenters. The predicted molar refractivity (Wildman–Crippen MR) is 80.4 cm³/mol. The number of carboxylic acid groups (broad SMARTS) is 1. The molecule has 0 bridgehead atoms. The smallest absolute Gasteiger partial charge is 0.317 e. The van der Waals surface area contributed by atoms with Crippen LogP contribution in [0.25, 0.3) is 0 Å². The molecule has 21 heavy (non-hydrogen) atoms. The number of hydrogen-bond acceptors (Lipinski definition) is 2. The second kappa shape index (κ2) is 6.61. The number of carbonyl (C=O) groups excluding carboxylic acids is 1. The molecule has 1 fully saturated rings. The molecule has 1 aliphatic heterocycles. The van der Waals surface area contributed by atoms with Gasteiger partial charge in [0.2, 0.25) is 0 Å². The van der Waals surface area contributed by atoms with Gasteiger partial charge in [-0.05, 0) is 25.8 Å². The van der Waals surface area contributed by atoms with Crippen molar-refractivity contribution in [2.45, 2.75) is 38.6 Å². The van der Waals surface area contributed by atoms with Crippen molar-refractivity contribution in [1.82, 2.24) is 10.2 Å². The minimum Gasteiger partial charge on any atom is -0.481 e. The molecule has 1 saturated heterocycles. The quantitative estimate of drug-likeness (QED) is 0.894. The third-order valence-electron chi connectivity index (χ3n) is 4.00. The molecular weight excluding hydrogens is 268 g/mol. The summed E-state index contributed by atoms with van der Waals surface area (Å²) in [7, 11) is 0. The van der Waals surface area contributed by atoms with Crippen LogP contribution in [0, 0.1) is 6.92 Å². The van der Waals surface area contributed by atoms with Crippen molar-refractivity contribution in [3.05, 3.63) is 35.4 Å². The molecule has 5 heteroatoms. The van der Waals surface area contributed by atoms with Crippen LogP contribution in [0.3, 0.4) is 0 Å².